The Hall–Kier alpha value is -3.46. The number of nitrogens with zero attached hydrogens (tertiary/aromatic N) is 3. The number of aromatic amines is 1. The fourth-order valence-electron chi connectivity index (χ4n) is 5.45. The van der Waals surface area contributed by atoms with Gasteiger partial charge in [-0.15, -0.1) is 0 Å². The second-order valence-electron chi connectivity index (χ2n) is 11.4. The van der Waals surface area contributed by atoms with Gasteiger partial charge in [0.05, 0.1) is 11.6 Å². The van der Waals surface area contributed by atoms with Crippen molar-refractivity contribution in [2.45, 2.75) is 85.3 Å². The molecular weight excluding hydrogens is 460 g/mol. The van der Waals surface area contributed by atoms with E-state index in [2.05, 4.69) is 61.8 Å². The smallest absolute Gasteiger partial charge is 0.410 e. The predicted octanol–water partition coefficient (Wildman–Crippen LogP) is 7.57. The molecule has 0 unspecified atom stereocenters. The van der Waals surface area contributed by atoms with Crippen LogP contribution in [-0.4, -0.2) is 40.7 Å². The Balaban J connectivity index is 1.64. The van der Waals surface area contributed by atoms with Crippen molar-refractivity contribution in [3.8, 4) is 6.07 Å². The molecule has 3 aromatic rings. The first-order valence-corrected chi connectivity index (χ1v) is 13.4. The lowest BCUT2D eigenvalue weighted by molar-refractivity contribution is 0.0204. The number of anilines is 2. The van der Waals surface area contributed by atoms with Crippen molar-refractivity contribution in [1.82, 2.24) is 9.88 Å². The fraction of sp³-hybridized carbons (Fsp3) is 0.484. The van der Waals surface area contributed by atoms with Gasteiger partial charge in [0.25, 0.3) is 0 Å². The fourth-order valence-corrected chi connectivity index (χ4v) is 5.45. The Kier molecular flexibility index (Phi) is 7.54. The van der Waals surface area contributed by atoms with Gasteiger partial charge < -0.3 is 19.5 Å². The Labute approximate surface area is 221 Å². The van der Waals surface area contributed by atoms with Crippen LogP contribution in [0.15, 0.2) is 36.4 Å². The number of aromatic nitrogens is 1. The zero-order valence-electron chi connectivity index (χ0n) is 23.3. The number of likely N-dealkylation sites (tertiary alicyclic amines) is 1. The number of fused-ring (bicyclic) bond motifs is 1. The maximum absolute atomic E-state index is 12.6. The molecule has 4 rings (SSSR count). The lowest BCUT2D eigenvalue weighted by Crippen LogP contribution is -2.41. The second kappa shape index (κ2) is 10.5. The number of benzene rings is 2. The van der Waals surface area contributed by atoms with Crippen molar-refractivity contribution in [2.24, 2.45) is 0 Å². The van der Waals surface area contributed by atoms with Gasteiger partial charge in [-0.25, -0.2) is 4.79 Å². The van der Waals surface area contributed by atoms with E-state index in [9.17, 15) is 10.1 Å². The monoisotopic (exact) mass is 500 g/mol. The van der Waals surface area contributed by atoms with E-state index in [-0.39, 0.29) is 12.1 Å². The zero-order valence-corrected chi connectivity index (χ0v) is 23.3. The summed E-state index contributed by atoms with van der Waals surface area (Å²) >= 11 is 0. The van der Waals surface area contributed by atoms with Crippen LogP contribution < -0.4 is 4.90 Å². The summed E-state index contributed by atoms with van der Waals surface area (Å²) in [5.74, 6) is 1.47. The summed E-state index contributed by atoms with van der Waals surface area (Å²) in [6.45, 7) is 15.9. The molecule has 1 aliphatic rings. The van der Waals surface area contributed by atoms with E-state index >= 15 is 0 Å². The number of ether oxygens (including phenoxy) is 1. The van der Waals surface area contributed by atoms with Gasteiger partial charge in [-0.2, -0.15) is 5.26 Å². The predicted molar refractivity (Wildman–Crippen MR) is 151 cm³/mol. The van der Waals surface area contributed by atoms with Crippen LogP contribution >= 0.6 is 0 Å². The molecular formula is C31H40N4O2. The van der Waals surface area contributed by atoms with Crippen LogP contribution in [0.1, 0.15) is 82.6 Å². The van der Waals surface area contributed by atoms with Crippen LogP contribution in [-0.2, 0) is 11.2 Å². The van der Waals surface area contributed by atoms with Crippen LogP contribution in [0.25, 0.3) is 10.9 Å². The standard InChI is InChI=1S/C31H40N4O2/c1-8-23-10-11-25(18-27(23)24-13-15-34(16-14-24)30(36)37-31(5,6)7)35(20(2)3)29-21(4)26-12-9-22(19-32)17-28(26)33-29/h9-12,17-18,20,24,33H,8,13-16H2,1-7H3. The van der Waals surface area contributed by atoms with Crippen LogP contribution in [0.5, 0.6) is 0 Å². The van der Waals surface area contributed by atoms with E-state index in [1.807, 2.05) is 43.9 Å². The number of nitrogens with one attached hydrogen (secondary N) is 1. The third-order valence-electron chi connectivity index (χ3n) is 7.29. The minimum absolute atomic E-state index is 0.213. The van der Waals surface area contributed by atoms with Crippen LogP contribution in [0.3, 0.4) is 0 Å². The summed E-state index contributed by atoms with van der Waals surface area (Å²) in [5, 5.41) is 10.5. The first-order valence-electron chi connectivity index (χ1n) is 13.4. The van der Waals surface area contributed by atoms with Gasteiger partial charge in [0.15, 0.2) is 0 Å². The van der Waals surface area contributed by atoms with Gasteiger partial charge >= 0.3 is 6.09 Å². The molecule has 0 atom stereocenters. The number of H-pyrrole nitrogens is 1. The molecule has 1 N–H and O–H groups in total. The number of rotatable bonds is 5. The van der Waals surface area contributed by atoms with E-state index < -0.39 is 5.60 Å². The highest BCUT2D eigenvalue weighted by Gasteiger charge is 2.29. The number of amides is 1. The Morgan fingerprint density at radius 2 is 1.89 bits per heavy atom. The third-order valence-corrected chi connectivity index (χ3v) is 7.29. The summed E-state index contributed by atoms with van der Waals surface area (Å²) in [7, 11) is 0. The quantitative estimate of drug-likeness (QED) is 0.392. The van der Waals surface area contributed by atoms with Crippen LogP contribution in [0.2, 0.25) is 0 Å². The van der Waals surface area contributed by atoms with E-state index in [0.717, 1.165) is 41.7 Å². The maximum atomic E-state index is 12.6. The van der Waals surface area contributed by atoms with Gasteiger partial charge in [0.2, 0.25) is 0 Å². The van der Waals surface area contributed by atoms with Gasteiger partial charge in [-0.1, -0.05) is 19.1 Å². The Bertz CT molecular complexity index is 1320. The van der Waals surface area contributed by atoms with Crippen LogP contribution in [0.4, 0.5) is 16.3 Å². The van der Waals surface area contributed by atoms with Crippen molar-refractivity contribution in [3.63, 3.8) is 0 Å². The van der Waals surface area contributed by atoms with E-state index in [0.29, 0.717) is 24.6 Å². The topological polar surface area (TPSA) is 72.4 Å². The first-order chi connectivity index (χ1) is 17.5. The normalized spacial score (nSPS) is 14.7. The van der Waals surface area contributed by atoms with Crippen molar-refractivity contribution in [2.75, 3.05) is 18.0 Å². The van der Waals surface area contributed by atoms with E-state index in [1.54, 1.807) is 0 Å². The molecule has 37 heavy (non-hydrogen) atoms. The molecule has 1 saturated heterocycles. The van der Waals surface area contributed by atoms with Gasteiger partial charge in [-0.05, 0) is 108 Å². The summed E-state index contributed by atoms with van der Waals surface area (Å²) in [4.78, 5) is 20.4. The van der Waals surface area contributed by atoms with E-state index in [1.165, 1.54) is 16.7 Å². The molecule has 2 heterocycles. The second-order valence-corrected chi connectivity index (χ2v) is 11.4. The summed E-state index contributed by atoms with van der Waals surface area (Å²) < 4.78 is 5.60. The molecule has 2 aromatic carbocycles. The lowest BCUT2D eigenvalue weighted by Gasteiger charge is -2.35. The number of hydrogen-bond acceptors (Lipinski definition) is 4. The average Bonchev–Trinajstić information content (AvgIpc) is 3.18. The van der Waals surface area contributed by atoms with Crippen molar-refractivity contribution in [1.29, 1.82) is 5.26 Å². The molecule has 0 aliphatic carbocycles. The summed E-state index contributed by atoms with van der Waals surface area (Å²) in [6.07, 6.45) is 2.63. The lowest BCUT2D eigenvalue weighted by atomic mass is 9.85. The highest BCUT2D eigenvalue weighted by molar-refractivity contribution is 5.91. The minimum atomic E-state index is -0.477. The molecule has 6 nitrogen and oxygen atoms in total. The molecule has 1 aromatic heterocycles. The summed E-state index contributed by atoms with van der Waals surface area (Å²) in [5.41, 5.74) is 6.26. The molecule has 1 amide bonds. The number of nitriles is 1. The number of carbonyl (C=O) groups is 1. The number of carbonyl (C=O) groups excluding carboxylic acids is 1. The van der Waals surface area contributed by atoms with Crippen LogP contribution in [0, 0.1) is 18.3 Å². The first kappa shape index (κ1) is 26.6. The molecule has 0 spiro atoms. The minimum Gasteiger partial charge on any atom is -0.444 e. The molecule has 196 valence electrons. The third kappa shape index (κ3) is 5.61. The SMILES string of the molecule is CCc1ccc(N(c2[nH]c3cc(C#N)ccc3c2C)C(C)C)cc1C1CCN(C(=O)OC(C)(C)C)CC1. The largest absolute Gasteiger partial charge is 0.444 e. The zero-order chi connectivity index (χ0) is 26.9. The Morgan fingerprint density at radius 1 is 1.19 bits per heavy atom. The molecule has 0 saturated carbocycles. The van der Waals surface area contributed by atoms with Gasteiger partial charge in [-0.3, -0.25) is 0 Å². The van der Waals surface area contributed by atoms with Crippen molar-refractivity contribution >= 4 is 28.5 Å². The summed E-state index contributed by atoms with van der Waals surface area (Å²) in [6, 6.07) is 15.2. The van der Waals surface area contributed by atoms with Gasteiger partial charge in [0, 0.05) is 35.7 Å². The molecule has 1 aliphatic heterocycles. The van der Waals surface area contributed by atoms with E-state index in [4.69, 9.17) is 4.74 Å². The highest BCUT2D eigenvalue weighted by atomic mass is 16.6. The Morgan fingerprint density at radius 3 is 2.49 bits per heavy atom. The molecule has 0 bridgehead atoms. The molecule has 6 heteroatoms. The highest BCUT2D eigenvalue weighted by Crippen LogP contribution is 2.38. The number of piperidine rings is 1. The molecule has 0 radical (unpaired) electrons. The van der Waals surface area contributed by atoms with Crippen molar-refractivity contribution in [3.05, 3.63) is 58.7 Å². The maximum Gasteiger partial charge on any atom is 0.410 e. The average molecular weight is 501 g/mol. The van der Waals surface area contributed by atoms with Gasteiger partial charge in [0.1, 0.15) is 11.4 Å². The number of hydrogen-bond donors (Lipinski definition) is 1. The van der Waals surface area contributed by atoms with Crippen molar-refractivity contribution < 1.29 is 9.53 Å². The molecule has 1 fully saturated rings. The number of aryl methyl sites for hydroxylation is 2.